The smallest absolute Gasteiger partial charge is 0.299 e. The van der Waals surface area contributed by atoms with Crippen LogP contribution in [0.5, 0.6) is 0 Å². The Morgan fingerprint density at radius 1 is 0.833 bits per heavy atom. The molecule has 1 N–H and O–H groups in total. The van der Waals surface area contributed by atoms with Gasteiger partial charge < -0.3 is 10.2 Å². The average molecular weight is 399 g/mol. The molecule has 4 rings (SSSR count). The van der Waals surface area contributed by atoms with Crippen molar-refractivity contribution in [3.8, 4) is 0 Å². The molecule has 0 spiro atoms. The van der Waals surface area contributed by atoms with Crippen LogP contribution in [-0.4, -0.2) is 11.7 Å². The molecule has 0 saturated carbocycles. The van der Waals surface area contributed by atoms with Crippen LogP contribution in [0.2, 0.25) is 0 Å². The number of fused-ring (bicyclic) bond motifs is 1. The third kappa shape index (κ3) is 3.86. The SMILES string of the molecule is Cc1ccc(Nc2ccc3c(c2)N(Cc2ccc(C(C)(C)C)cc2)C(=O)C3=O)cc1. The van der Waals surface area contributed by atoms with Crippen LogP contribution >= 0.6 is 0 Å². The number of nitrogens with zero attached hydrogens (tertiary/aromatic N) is 1. The zero-order valence-electron chi connectivity index (χ0n) is 17.8. The third-order valence-electron chi connectivity index (χ3n) is 5.47. The van der Waals surface area contributed by atoms with Crippen LogP contribution in [0.1, 0.15) is 47.8 Å². The number of hydrogen-bond acceptors (Lipinski definition) is 3. The molecule has 3 aromatic carbocycles. The molecule has 1 aliphatic heterocycles. The maximum absolute atomic E-state index is 12.7. The molecule has 30 heavy (non-hydrogen) atoms. The fourth-order valence-corrected chi connectivity index (χ4v) is 3.63. The van der Waals surface area contributed by atoms with Crippen LogP contribution in [0.4, 0.5) is 17.1 Å². The van der Waals surface area contributed by atoms with Gasteiger partial charge in [0.05, 0.1) is 17.8 Å². The summed E-state index contributed by atoms with van der Waals surface area (Å²) < 4.78 is 0. The number of benzene rings is 3. The summed E-state index contributed by atoms with van der Waals surface area (Å²) in [5.41, 5.74) is 6.40. The van der Waals surface area contributed by atoms with Crippen LogP contribution in [0.15, 0.2) is 66.7 Å². The minimum Gasteiger partial charge on any atom is -0.355 e. The molecule has 1 heterocycles. The number of rotatable bonds is 4. The van der Waals surface area contributed by atoms with Crippen molar-refractivity contribution < 1.29 is 9.59 Å². The van der Waals surface area contributed by atoms with Crippen molar-refractivity contribution in [2.24, 2.45) is 0 Å². The summed E-state index contributed by atoms with van der Waals surface area (Å²) >= 11 is 0. The van der Waals surface area contributed by atoms with Gasteiger partial charge in [0.2, 0.25) is 0 Å². The lowest BCUT2D eigenvalue weighted by Crippen LogP contribution is -2.29. The maximum atomic E-state index is 12.7. The molecular formula is C26H26N2O2. The molecule has 3 aromatic rings. The number of ketones is 1. The van der Waals surface area contributed by atoms with Crippen LogP contribution < -0.4 is 10.2 Å². The van der Waals surface area contributed by atoms with E-state index in [1.165, 1.54) is 11.1 Å². The highest BCUT2D eigenvalue weighted by Gasteiger charge is 2.36. The Morgan fingerprint density at radius 3 is 2.10 bits per heavy atom. The van der Waals surface area contributed by atoms with Gasteiger partial charge >= 0.3 is 0 Å². The van der Waals surface area contributed by atoms with Gasteiger partial charge in [0.15, 0.2) is 0 Å². The maximum Gasteiger partial charge on any atom is 0.299 e. The lowest BCUT2D eigenvalue weighted by Gasteiger charge is -2.21. The van der Waals surface area contributed by atoms with Crippen molar-refractivity contribution in [2.45, 2.75) is 39.7 Å². The van der Waals surface area contributed by atoms with Crippen LogP contribution in [0, 0.1) is 6.92 Å². The van der Waals surface area contributed by atoms with E-state index in [-0.39, 0.29) is 5.41 Å². The molecular weight excluding hydrogens is 372 g/mol. The van der Waals surface area contributed by atoms with E-state index < -0.39 is 11.7 Å². The van der Waals surface area contributed by atoms with Gasteiger partial charge in [-0.1, -0.05) is 62.7 Å². The van der Waals surface area contributed by atoms with Crippen molar-refractivity contribution in [1.29, 1.82) is 0 Å². The number of carbonyl (C=O) groups excluding carboxylic acids is 2. The summed E-state index contributed by atoms with van der Waals surface area (Å²) in [5.74, 6) is -0.921. The predicted octanol–water partition coefficient (Wildman–Crippen LogP) is 5.77. The highest BCUT2D eigenvalue weighted by Crippen LogP contribution is 2.34. The van der Waals surface area contributed by atoms with E-state index in [9.17, 15) is 9.59 Å². The number of aryl methyl sites for hydroxylation is 1. The summed E-state index contributed by atoms with van der Waals surface area (Å²) in [4.78, 5) is 26.7. The van der Waals surface area contributed by atoms with Crippen molar-refractivity contribution in [3.63, 3.8) is 0 Å². The number of amides is 1. The summed E-state index contributed by atoms with van der Waals surface area (Å²) in [7, 11) is 0. The Bertz CT molecular complexity index is 1110. The van der Waals surface area contributed by atoms with Gasteiger partial charge in [-0.3, -0.25) is 9.59 Å². The third-order valence-corrected chi connectivity index (χ3v) is 5.47. The normalized spacial score (nSPS) is 13.5. The first-order valence-electron chi connectivity index (χ1n) is 10.2. The van der Waals surface area contributed by atoms with E-state index in [4.69, 9.17) is 0 Å². The van der Waals surface area contributed by atoms with Crippen LogP contribution in [0.3, 0.4) is 0 Å². The highest BCUT2D eigenvalue weighted by molar-refractivity contribution is 6.52. The first-order valence-corrected chi connectivity index (χ1v) is 10.2. The Morgan fingerprint density at radius 2 is 1.47 bits per heavy atom. The van der Waals surface area contributed by atoms with Gasteiger partial charge in [0.1, 0.15) is 0 Å². The van der Waals surface area contributed by atoms with Gasteiger partial charge in [0, 0.05) is 11.4 Å². The number of anilines is 3. The van der Waals surface area contributed by atoms with Crippen molar-refractivity contribution in [1.82, 2.24) is 0 Å². The Balaban J connectivity index is 1.60. The molecule has 0 fully saturated rings. The summed E-state index contributed by atoms with van der Waals surface area (Å²) in [6.45, 7) is 8.93. The number of nitrogens with one attached hydrogen (secondary N) is 1. The van der Waals surface area contributed by atoms with Gasteiger partial charge in [-0.15, -0.1) is 0 Å². The van der Waals surface area contributed by atoms with Gasteiger partial charge in [-0.2, -0.15) is 0 Å². The summed E-state index contributed by atoms with van der Waals surface area (Å²) in [6.07, 6.45) is 0. The van der Waals surface area contributed by atoms with E-state index in [0.29, 0.717) is 17.8 Å². The monoisotopic (exact) mass is 398 g/mol. The fourth-order valence-electron chi connectivity index (χ4n) is 3.63. The summed E-state index contributed by atoms with van der Waals surface area (Å²) in [6, 6.07) is 21.8. The zero-order valence-corrected chi connectivity index (χ0v) is 17.8. The lowest BCUT2D eigenvalue weighted by molar-refractivity contribution is -0.114. The van der Waals surface area contributed by atoms with Crippen molar-refractivity contribution in [3.05, 3.63) is 89.0 Å². The molecule has 0 aromatic heterocycles. The highest BCUT2D eigenvalue weighted by atomic mass is 16.2. The molecule has 0 unspecified atom stereocenters. The minimum atomic E-state index is -0.475. The second-order valence-corrected chi connectivity index (χ2v) is 8.89. The first-order chi connectivity index (χ1) is 14.2. The van der Waals surface area contributed by atoms with E-state index in [1.807, 2.05) is 55.5 Å². The van der Waals surface area contributed by atoms with E-state index >= 15 is 0 Å². The van der Waals surface area contributed by atoms with E-state index in [1.54, 1.807) is 11.0 Å². The minimum absolute atomic E-state index is 0.0705. The fraction of sp³-hybridized carbons (Fsp3) is 0.231. The first kappa shape index (κ1) is 19.9. The van der Waals surface area contributed by atoms with Crippen molar-refractivity contribution in [2.75, 3.05) is 10.2 Å². The number of Topliss-reactive ketones (excluding diaryl/α,β-unsaturated/α-hetero) is 1. The topological polar surface area (TPSA) is 49.4 Å². The van der Waals surface area contributed by atoms with Crippen LogP contribution in [-0.2, 0) is 16.8 Å². The predicted molar refractivity (Wildman–Crippen MR) is 122 cm³/mol. The number of carbonyl (C=O) groups is 2. The summed E-state index contributed by atoms with van der Waals surface area (Å²) in [5, 5.41) is 3.35. The quantitative estimate of drug-likeness (QED) is 0.568. The zero-order chi connectivity index (χ0) is 21.5. The molecule has 152 valence electrons. The molecule has 0 aliphatic carbocycles. The molecule has 4 nitrogen and oxygen atoms in total. The largest absolute Gasteiger partial charge is 0.355 e. The van der Waals surface area contributed by atoms with Gasteiger partial charge in [0.25, 0.3) is 11.7 Å². The second-order valence-electron chi connectivity index (χ2n) is 8.89. The lowest BCUT2D eigenvalue weighted by atomic mass is 9.87. The van der Waals surface area contributed by atoms with Crippen molar-refractivity contribution >= 4 is 28.8 Å². The second kappa shape index (κ2) is 7.45. The Hall–Kier alpha value is -3.40. The average Bonchev–Trinajstić information content (AvgIpc) is 2.94. The molecule has 0 radical (unpaired) electrons. The molecule has 1 aliphatic rings. The van der Waals surface area contributed by atoms with E-state index in [0.717, 1.165) is 16.9 Å². The Kier molecular flexibility index (Phi) is 4.94. The standard InChI is InChI=1S/C26H26N2O2/c1-17-5-11-20(12-6-17)27-21-13-14-22-23(15-21)28(25(30)24(22)29)16-18-7-9-19(10-8-18)26(2,3)4/h5-15,27H,16H2,1-4H3. The molecule has 0 atom stereocenters. The molecule has 0 bridgehead atoms. The Labute approximate surface area is 177 Å². The van der Waals surface area contributed by atoms with Gasteiger partial charge in [-0.05, 0) is 53.8 Å². The van der Waals surface area contributed by atoms with E-state index in [2.05, 4.69) is 38.2 Å². The molecule has 0 saturated heterocycles. The molecule has 4 heteroatoms. The molecule has 1 amide bonds. The van der Waals surface area contributed by atoms with Crippen LogP contribution in [0.25, 0.3) is 0 Å². The van der Waals surface area contributed by atoms with Gasteiger partial charge in [-0.25, -0.2) is 0 Å². The number of hydrogen-bond donors (Lipinski definition) is 1.